The fourth-order valence-corrected chi connectivity index (χ4v) is 2.26. The van der Waals surface area contributed by atoms with Crippen molar-refractivity contribution in [1.29, 1.82) is 0 Å². The molecular formula is C12H10FN3O3S. The molecule has 1 atom stereocenters. The summed E-state index contributed by atoms with van der Waals surface area (Å²) in [5.41, 5.74) is 0.0189. The molecule has 0 saturated carbocycles. The van der Waals surface area contributed by atoms with Gasteiger partial charge >= 0.3 is 5.97 Å². The van der Waals surface area contributed by atoms with E-state index >= 15 is 0 Å². The van der Waals surface area contributed by atoms with Crippen LogP contribution in [0.25, 0.3) is 0 Å². The molecule has 2 aromatic heterocycles. The average Bonchev–Trinajstić information content (AvgIpc) is 2.88. The smallest absolute Gasteiger partial charge is 0.355 e. The third kappa shape index (κ3) is 3.15. The normalized spacial score (nSPS) is 11.9. The number of thiazole rings is 1. The molecule has 0 aliphatic rings. The molecule has 0 spiro atoms. The van der Waals surface area contributed by atoms with Crippen LogP contribution in [0.5, 0.6) is 0 Å². The van der Waals surface area contributed by atoms with E-state index in [-0.39, 0.29) is 11.3 Å². The van der Waals surface area contributed by atoms with Crippen molar-refractivity contribution in [1.82, 2.24) is 15.3 Å². The summed E-state index contributed by atoms with van der Waals surface area (Å²) in [4.78, 5) is 30.1. The fraction of sp³-hybridized carbons (Fsp3) is 0.167. The van der Waals surface area contributed by atoms with Crippen LogP contribution in [0.2, 0.25) is 0 Å². The number of nitrogens with zero attached hydrogens (tertiary/aromatic N) is 2. The van der Waals surface area contributed by atoms with E-state index in [1.54, 1.807) is 6.92 Å². The van der Waals surface area contributed by atoms with Gasteiger partial charge in [0.15, 0.2) is 5.69 Å². The maximum absolute atomic E-state index is 13.0. The zero-order chi connectivity index (χ0) is 14.7. The van der Waals surface area contributed by atoms with E-state index in [1.807, 2.05) is 0 Å². The number of hydrogen-bond acceptors (Lipinski definition) is 5. The van der Waals surface area contributed by atoms with E-state index in [2.05, 4.69) is 15.3 Å². The molecule has 6 nitrogen and oxygen atoms in total. The van der Waals surface area contributed by atoms with Crippen LogP contribution in [0, 0.1) is 5.82 Å². The highest BCUT2D eigenvalue weighted by Gasteiger charge is 2.17. The summed E-state index contributed by atoms with van der Waals surface area (Å²) in [6.07, 6.45) is 2.25. The van der Waals surface area contributed by atoms with Crippen molar-refractivity contribution in [3.05, 3.63) is 45.9 Å². The predicted molar refractivity (Wildman–Crippen MR) is 69.1 cm³/mol. The van der Waals surface area contributed by atoms with E-state index < -0.39 is 23.7 Å². The number of hydrogen-bond donors (Lipinski definition) is 2. The molecule has 0 radical (unpaired) electrons. The number of aromatic carboxylic acids is 1. The first-order chi connectivity index (χ1) is 9.47. The van der Waals surface area contributed by atoms with Crippen molar-refractivity contribution in [2.24, 2.45) is 0 Å². The Morgan fingerprint density at radius 3 is 2.80 bits per heavy atom. The van der Waals surface area contributed by atoms with Gasteiger partial charge in [-0.15, -0.1) is 11.3 Å². The van der Waals surface area contributed by atoms with Crippen LogP contribution < -0.4 is 5.32 Å². The second-order valence-corrected chi connectivity index (χ2v) is 4.85. The highest BCUT2D eigenvalue weighted by molar-refractivity contribution is 7.09. The van der Waals surface area contributed by atoms with Crippen LogP contribution in [0.1, 0.15) is 38.8 Å². The summed E-state index contributed by atoms with van der Waals surface area (Å²) in [5.74, 6) is -2.23. The Balaban J connectivity index is 2.08. The van der Waals surface area contributed by atoms with E-state index in [9.17, 15) is 14.0 Å². The number of carbonyl (C=O) groups is 2. The van der Waals surface area contributed by atoms with Gasteiger partial charge in [0.1, 0.15) is 10.8 Å². The second-order valence-electron chi connectivity index (χ2n) is 3.96. The van der Waals surface area contributed by atoms with Crippen LogP contribution in [-0.4, -0.2) is 27.0 Å². The molecule has 2 N–H and O–H groups in total. The van der Waals surface area contributed by atoms with Crippen molar-refractivity contribution in [3.63, 3.8) is 0 Å². The van der Waals surface area contributed by atoms with Gasteiger partial charge in [0.05, 0.1) is 17.8 Å². The molecule has 0 aromatic carbocycles. The summed E-state index contributed by atoms with van der Waals surface area (Å²) in [7, 11) is 0. The molecule has 0 bridgehead atoms. The Morgan fingerprint density at radius 1 is 1.45 bits per heavy atom. The molecular weight excluding hydrogens is 285 g/mol. The third-order valence-corrected chi connectivity index (χ3v) is 3.45. The molecule has 1 unspecified atom stereocenters. The summed E-state index contributed by atoms with van der Waals surface area (Å²) >= 11 is 1.13. The quantitative estimate of drug-likeness (QED) is 0.898. The monoisotopic (exact) mass is 295 g/mol. The third-order valence-electron chi connectivity index (χ3n) is 2.43. The number of rotatable bonds is 4. The topological polar surface area (TPSA) is 92.2 Å². The van der Waals surface area contributed by atoms with Gasteiger partial charge in [-0.2, -0.15) is 0 Å². The second kappa shape index (κ2) is 5.74. The highest BCUT2D eigenvalue weighted by Crippen LogP contribution is 2.18. The minimum atomic E-state index is -1.12. The Labute approximate surface area is 117 Å². The van der Waals surface area contributed by atoms with Gasteiger partial charge < -0.3 is 10.4 Å². The number of aromatic nitrogens is 2. The standard InChI is InChI=1S/C12H10FN3O3S/c1-6(11-16-9(5-20-11)12(18)19)15-10(17)7-2-8(13)4-14-3-7/h2-6H,1H3,(H,15,17)(H,18,19). The molecule has 8 heteroatoms. The van der Waals surface area contributed by atoms with Gasteiger partial charge in [-0.05, 0) is 13.0 Å². The van der Waals surface area contributed by atoms with Gasteiger partial charge in [-0.1, -0.05) is 0 Å². The molecule has 0 saturated heterocycles. The van der Waals surface area contributed by atoms with Gasteiger partial charge in [0, 0.05) is 11.6 Å². The molecule has 2 rings (SSSR count). The molecule has 0 aliphatic carbocycles. The lowest BCUT2D eigenvalue weighted by molar-refractivity contribution is 0.0691. The zero-order valence-electron chi connectivity index (χ0n) is 10.3. The highest BCUT2D eigenvalue weighted by atomic mass is 32.1. The minimum Gasteiger partial charge on any atom is -0.476 e. The number of carboxylic acid groups (broad SMARTS) is 1. The van der Waals surface area contributed by atoms with Gasteiger partial charge in [-0.25, -0.2) is 14.2 Å². The van der Waals surface area contributed by atoms with Gasteiger partial charge in [0.25, 0.3) is 5.91 Å². The van der Waals surface area contributed by atoms with Crippen molar-refractivity contribution in [2.75, 3.05) is 0 Å². The largest absolute Gasteiger partial charge is 0.476 e. The first-order valence-corrected chi connectivity index (χ1v) is 6.45. The first-order valence-electron chi connectivity index (χ1n) is 5.57. The molecule has 104 valence electrons. The molecule has 20 heavy (non-hydrogen) atoms. The summed E-state index contributed by atoms with van der Waals surface area (Å²) in [5, 5.41) is 13.2. The van der Waals surface area contributed by atoms with E-state index in [0.717, 1.165) is 23.6 Å². The lowest BCUT2D eigenvalue weighted by Gasteiger charge is -2.10. The van der Waals surface area contributed by atoms with Crippen molar-refractivity contribution in [3.8, 4) is 0 Å². The average molecular weight is 295 g/mol. The summed E-state index contributed by atoms with van der Waals surface area (Å²) in [6.45, 7) is 1.66. The molecule has 0 aliphatic heterocycles. The lowest BCUT2D eigenvalue weighted by atomic mass is 10.2. The molecule has 0 fully saturated rings. The van der Waals surface area contributed by atoms with Crippen LogP contribution in [0.3, 0.4) is 0 Å². The number of nitrogens with one attached hydrogen (secondary N) is 1. The van der Waals surface area contributed by atoms with Gasteiger partial charge in [0.2, 0.25) is 0 Å². The summed E-state index contributed by atoms with van der Waals surface area (Å²) in [6, 6.07) is 0.586. The number of pyridine rings is 1. The lowest BCUT2D eigenvalue weighted by Crippen LogP contribution is -2.26. The van der Waals surface area contributed by atoms with Crippen molar-refractivity contribution >= 4 is 23.2 Å². The van der Waals surface area contributed by atoms with E-state index in [1.165, 1.54) is 11.6 Å². The van der Waals surface area contributed by atoms with Crippen LogP contribution in [-0.2, 0) is 0 Å². The van der Waals surface area contributed by atoms with Crippen molar-refractivity contribution < 1.29 is 19.1 Å². The maximum Gasteiger partial charge on any atom is 0.355 e. The van der Waals surface area contributed by atoms with Crippen molar-refractivity contribution in [2.45, 2.75) is 13.0 Å². The van der Waals surface area contributed by atoms with Gasteiger partial charge in [-0.3, -0.25) is 9.78 Å². The Kier molecular flexibility index (Phi) is 4.04. The fourth-order valence-electron chi connectivity index (χ4n) is 1.46. The molecule has 1 amide bonds. The molecule has 2 heterocycles. The SMILES string of the molecule is CC(NC(=O)c1cncc(F)c1)c1nc(C(=O)O)cs1. The first kappa shape index (κ1) is 14.1. The Morgan fingerprint density at radius 2 is 2.20 bits per heavy atom. The van der Waals surface area contributed by atoms with Crippen LogP contribution >= 0.6 is 11.3 Å². The number of carbonyl (C=O) groups excluding carboxylic acids is 1. The molecule has 2 aromatic rings. The predicted octanol–water partition coefficient (Wildman–Crippen LogP) is 1.87. The summed E-state index contributed by atoms with van der Waals surface area (Å²) < 4.78 is 13.0. The van der Waals surface area contributed by atoms with E-state index in [4.69, 9.17) is 5.11 Å². The van der Waals surface area contributed by atoms with Crippen LogP contribution in [0.15, 0.2) is 23.8 Å². The van der Waals surface area contributed by atoms with Crippen LogP contribution in [0.4, 0.5) is 4.39 Å². The zero-order valence-corrected chi connectivity index (χ0v) is 11.1. The number of halogens is 1. The van der Waals surface area contributed by atoms with E-state index in [0.29, 0.717) is 5.01 Å². The Hall–Kier alpha value is -2.35. The minimum absolute atomic E-state index is 0.0708. The number of amides is 1. The Bertz CT molecular complexity index is 659. The number of carboxylic acids is 1. The maximum atomic E-state index is 13.0.